The zero-order chi connectivity index (χ0) is 23.7. The number of carbonyl (C=O) groups excluding carboxylic acids is 5. The third-order valence-electron chi connectivity index (χ3n) is 4.68. The highest BCUT2D eigenvalue weighted by molar-refractivity contribution is 5.97. The number of nitrogens with two attached hydrogens (primary N) is 2. The van der Waals surface area contributed by atoms with Crippen LogP contribution in [-0.2, 0) is 28.8 Å². The molecular weight excluding hydrogens is 412 g/mol. The minimum Gasteiger partial charge on any atom is -0.480 e. The maximum absolute atomic E-state index is 12.7. The summed E-state index contributed by atoms with van der Waals surface area (Å²) in [6.07, 6.45) is 0.157. The standard InChI is InChI=1S/C18H30N6O7/c1-8(2)14(18(30)31)24-17(29)11(7-13(20)26)23-16(28)10(6-12(19)25)22-15(27)9-4-3-5-21-9/h8-11,14,21H,3-7H2,1-2H3,(H2,19,25)(H2,20,26)(H,22,27)(H,23,28)(H,24,29)(H,30,31). The van der Waals surface area contributed by atoms with Gasteiger partial charge < -0.3 is 37.8 Å². The van der Waals surface area contributed by atoms with Gasteiger partial charge in [-0.05, 0) is 25.3 Å². The highest BCUT2D eigenvalue weighted by atomic mass is 16.4. The molecule has 0 bridgehead atoms. The van der Waals surface area contributed by atoms with E-state index < -0.39 is 78.4 Å². The molecule has 0 saturated carbocycles. The predicted octanol–water partition coefficient (Wildman–Crippen LogP) is -3.32. The van der Waals surface area contributed by atoms with E-state index >= 15 is 0 Å². The smallest absolute Gasteiger partial charge is 0.326 e. The first kappa shape index (κ1) is 25.8. The van der Waals surface area contributed by atoms with Gasteiger partial charge in [-0.2, -0.15) is 0 Å². The van der Waals surface area contributed by atoms with Gasteiger partial charge in [-0.3, -0.25) is 24.0 Å². The van der Waals surface area contributed by atoms with E-state index in [0.29, 0.717) is 13.0 Å². The third-order valence-corrected chi connectivity index (χ3v) is 4.68. The van der Waals surface area contributed by atoms with Gasteiger partial charge in [0, 0.05) is 0 Å². The van der Waals surface area contributed by atoms with Crippen molar-refractivity contribution in [2.45, 2.75) is 63.7 Å². The summed E-state index contributed by atoms with van der Waals surface area (Å²) in [4.78, 5) is 71.6. The Morgan fingerprint density at radius 3 is 1.87 bits per heavy atom. The number of carboxylic acid groups (broad SMARTS) is 1. The summed E-state index contributed by atoms with van der Waals surface area (Å²) in [6.45, 7) is 3.76. The molecule has 13 heteroatoms. The van der Waals surface area contributed by atoms with E-state index in [-0.39, 0.29) is 0 Å². The van der Waals surface area contributed by atoms with E-state index in [4.69, 9.17) is 11.5 Å². The number of hydrogen-bond acceptors (Lipinski definition) is 7. The zero-order valence-corrected chi connectivity index (χ0v) is 17.5. The lowest BCUT2D eigenvalue weighted by atomic mass is 10.0. The Hall–Kier alpha value is -3.22. The van der Waals surface area contributed by atoms with Crippen LogP contribution in [-0.4, -0.2) is 71.3 Å². The quantitative estimate of drug-likeness (QED) is 0.162. The van der Waals surface area contributed by atoms with E-state index in [0.717, 1.165) is 6.42 Å². The van der Waals surface area contributed by atoms with Crippen molar-refractivity contribution in [3.8, 4) is 0 Å². The molecule has 1 aliphatic rings. The average Bonchev–Trinajstić information content (AvgIpc) is 3.18. The monoisotopic (exact) mass is 442 g/mol. The average molecular weight is 442 g/mol. The van der Waals surface area contributed by atoms with Gasteiger partial charge in [-0.25, -0.2) is 4.79 Å². The van der Waals surface area contributed by atoms with Gasteiger partial charge in [0.2, 0.25) is 29.5 Å². The van der Waals surface area contributed by atoms with Gasteiger partial charge in [0.15, 0.2) is 0 Å². The van der Waals surface area contributed by atoms with Gasteiger partial charge in [0.05, 0.1) is 18.9 Å². The molecule has 0 aliphatic carbocycles. The fraction of sp³-hybridized carbons (Fsp3) is 0.667. The second kappa shape index (κ2) is 11.8. The number of primary amides is 2. The number of amides is 5. The van der Waals surface area contributed by atoms with Crippen molar-refractivity contribution in [1.82, 2.24) is 21.3 Å². The maximum atomic E-state index is 12.7. The molecule has 0 spiro atoms. The fourth-order valence-corrected chi connectivity index (χ4v) is 3.04. The first-order valence-corrected chi connectivity index (χ1v) is 9.86. The summed E-state index contributed by atoms with van der Waals surface area (Å²) in [6, 6.07) is -4.71. The summed E-state index contributed by atoms with van der Waals surface area (Å²) in [5.41, 5.74) is 10.3. The van der Waals surface area contributed by atoms with Crippen molar-refractivity contribution in [3.63, 3.8) is 0 Å². The number of carbonyl (C=O) groups is 6. The number of hydrogen-bond donors (Lipinski definition) is 7. The van der Waals surface area contributed by atoms with Crippen LogP contribution in [0, 0.1) is 5.92 Å². The van der Waals surface area contributed by atoms with Gasteiger partial charge in [-0.15, -0.1) is 0 Å². The predicted molar refractivity (Wildman–Crippen MR) is 107 cm³/mol. The van der Waals surface area contributed by atoms with Crippen molar-refractivity contribution in [3.05, 3.63) is 0 Å². The van der Waals surface area contributed by atoms with Crippen molar-refractivity contribution < 1.29 is 33.9 Å². The molecule has 4 unspecified atom stereocenters. The molecule has 174 valence electrons. The molecule has 9 N–H and O–H groups in total. The first-order chi connectivity index (χ1) is 14.4. The van der Waals surface area contributed by atoms with E-state index in [1.165, 1.54) is 0 Å². The van der Waals surface area contributed by atoms with Crippen LogP contribution in [0.25, 0.3) is 0 Å². The lowest BCUT2D eigenvalue weighted by Crippen LogP contribution is -2.58. The van der Waals surface area contributed by atoms with Crippen LogP contribution in [0.2, 0.25) is 0 Å². The van der Waals surface area contributed by atoms with E-state index in [1.54, 1.807) is 13.8 Å². The summed E-state index contributed by atoms with van der Waals surface area (Å²) in [7, 11) is 0. The summed E-state index contributed by atoms with van der Waals surface area (Å²) in [5.74, 6) is -5.98. The van der Waals surface area contributed by atoms with E-state index in [2.05, 4.69) is 21.3 Å². The second-order valence-electron chi connectivity index (χ2n) is 7.68. The topological polar surface area (TPSA) is 223 Å². The third kappa shape index (κ3) is 8.58. The Morgan fingerprint density at radius 1 is 0.935 bits per heavy atom. The van der Waals surface area contributed by atoms with Gasteiger partial charge >= 0.3 is 5.97 Å². The van der Waals surface area contributed by atoms with Gasteiger partial charge in [-0.1, -0.05) is 13.8 Å². The summed E-state index contributed by atoms with van der Waals surface area (Å²) in [5, 5.41) is 19.1. The normalized spacial score (nSPS) is 18.5. The molecular formula is C18H30N6O7. The van der Waals surface area contributed by atoms with E-state index in [9.17, 15) is 33.9 Å². The molecule has 1 fully saturated rings. The molecule has 1 aliphatic heterocycles. The summed E-state index contributed by atoms with van der Waals surface area (Å²) < 4.78 is 0. The number of aliphatic carboxylic acids is 1. The number of rotatable bonds is 12. The molecule has 4 atom stereocenters. The van der Waals surface area contributed by atoms with Gasteiger partial charge in [0.25, 0.3) is 0 Å². The van der Waals surface area contributed by atoms with Crippen LogP contribution < -0.4 is 32.7 Å². The van der Waals surface area contributed by atoms with Crippen molar-refractivity contribution >= 4 is 35.5 Å². The Balaban J connectivity index is 2.94. The van der Waals surface area contributed by atoms with Crippen LogP contribution in [0.5, 0.6) is 0 Å². The Morgan fingerprint density at radius 2 is 1.45 bits per heavy atom. The number of carboxylic acids is 1. The van der Waals surface area contributed by atoms with Crippen LogP contribution in [0.3, 0.4) is 0 Å². The highest BCUT2D eigenvalue weighted by Crippen LogP contribution is 2.07. The van der Waals surface area contributed by atoms with Crippen LogP contribution in [0.4, 0.5) is 0 Å². The molecule has 0 aromatic rings. The first-order valence-electron chi connectivity index (χ1n) is 9.86. The second-order valence-corrected chi connectivity index (χ2v) is 7.68. The minimum atomic E-state index is -1.51. The van der Waals surface area contributed by atoms with Crippen molar-refractivity contribution in [1.29, 1.82) is 0 Å². The van der Waals surface area contributed by atoms with Crippen molar-refractivity contribution in [2.75, 3.05) is 6.54 Å². The SMILES string of the molecule is CC(C)C(NC(=O)C(CC(N)=O)NC(=O)C(CC(N)=O)NC(=O)C1CCCN1)C(=O)O. The van der Waals surface area contributed by atoms with Crippen LogP contribution >= 0.6 is 0 Å². The maximum Gasteiger partial charge on any atom is 0.326 e. The highest BCUT2D eigenvalue weighted by Gasteiger charge is 2.33. The lowest BCUT2D eigenvalue weighted by Gasteiger charge is -2.25. The Bertz CT molecular complexity index is 720. The molecule has 31 heavy (non-hydrogen) atoms. The lowest BCUT2D eigenvalue weighted by molar-refractivity contribution is -0.143. The zero-order valence-electron chi connectivity index (χ0n) is 17.5. The molecule has 0 aromatic heterocycles. The minimum absolute atomic E-state index is 0.479. The van der Waals surface area contributed by atoms with Crippen LogP contribution in [0.15, 0.2) is 0 Å². The number of nitrogens with one attached hydrogen (secondary N) is 4. The molecule has 5 amide bonds. The molecule has 1 heterocycles. The van der Waals surface area contributed by atoms with Crippen LogP contribution in [0.1, 0.15) is 39.5 Å². The van der Waals surface area contributed by atoms with Gasteiger partial charge in [0.1, 0.15) is 18.1 Å². The largest absolute Gasteiger partial charge is 0.480 e. The summed E-state index contributed by atoms with van der Waals surface area (Å²) >= 11 is 0. The molecule has 0 aromatic carbocycles. The molecule has 0 radical (unpaired) electrons. The Labute approximate surface area is 179 Å². The molecule has 1 rings (SSSR count). The van der Waals surface area contributed by atoms with E-state index in [1.807, 2.05) is 0 Å². The Kier molecular flexibility index (Phi) is 9.86. The molecule has 1 saturated heterocycles. The fourth-order valence-electron chi connectivity index (χ4n) is 3.04. The molecule has 13 nitrogen and oxygen atoms in total. The van der Waals surface area contributed by atoms with Crippen molar-refractivity contribution in [2.24, 2.45) is 17.4 Å².